The highest BCUT2D eigenvalue weighted by Crippen LogP contribution is 2.33. The molecule has 2 saturated heterocycles. The van der Waals surface area contributed by atoms with Crippen LogP contribution in [0.15, 0.2) is 42.9 Å². The number of carbonyl (C=O) groups is 1. The van der Waals surface area contributed by atoms with E-state index in [2.05, 4.69) is 38.9 Å². The molecule has 4 heterocycles. The predicted octanol–water partition coefficient (Wildman–Crippen LogP) is 5.02. The normalized spacial score (nSPS) is 21.4. The molecule has 2 aromatic heterocycles. The molecule has 1 aliphatic carbocycles. The van der Waals surface area contributed by atoms with E-state index in [0.717, 1.165) is 55.7 Å². The number of aryl methyl sites for hydroxylation is 1. The summed E-state index contributed by atoms with van der Waals surface area (Å²) in [6, 6.07) is 8.69. The Hall–Kier alpha value is -3.50. The molecule has 3 aromatic rings. The minimum atomic E-state index is -0.195. The lowest BCUT2D eigenvalue weighted by atomic mass is 9.95. The molecule has 40 heavy (non-hydrogen) atoms. The van der Waals surface area contributed by atoms with Gasteiger partial charge in [-0.3, -0.25) is 4.68 Å². The van der Waals surface area contributed by atoms with Gasteiger partial charge in [0.25, 0.3) is 0 Å². The third-order valence-corrected chi connectivity index (χ3v) is 7.75. The van der Waals surface area contributed by atoms with Gasteiger partial charge in [-0.1, -0.05) is 18.6 Å². The van der Waals surface area contributed by atoms with Crippen molar-refractivity contribution in [2.24, 2.45) is 0 Å². The van der Waals surface area contributed by atoms with Crippen LogP contribution in [-0.2, 0) is 15.9 Å². The van der Waals surface area contributed by atoms with Gasteiger partial charge >= 0.3 is 6.03 Å². The number of benzene rings is 1. The minimum Gasteiger partial charge on any atom is -0.379 e. The highest BCUT2D eigenvalue weighted by atomic mass is 16.5. The second-order valence-electron chi connectivity index (χ2n) is 12.0. The number of carbonyl (C=O) groups excluding carboxylic acids is 1. The zero-order valence-corrected chi connectivity index (χ0v) is 23.6. The zero-order valence-electron chi connectivity index (χ0n) is 23.6. The SMILES string of the molecule is CC(C)(C)OC1CN(C(=O)NC2CCCCc3cc(-c4ccnc(Nc5cnn([C@@H]6CCOC6)c5)n4)ccc32)C1. The van der Waals surface area contributed by atoms with Gasteiger partial charge in [0.15, 0.2) is 0 Å². The van der Waals surface area contributed by atoms with Gasteiger partial charge in [0.2, 0.25) is 5.95 Å². The maximum atomic E-state index is 13.0. The van der Waals surface area contributed by atoms with Gasteiger partial charge in [-0.05, 0) is 69.7 Å². The summed E-state index contributed by atoms with van der Waals surface area (Å²) < 4.78 is 13.4. The maximum absolute atomic E-state index is 13.0. The average molecular weight is 546 g/mol. The first-order valence-electron chi connectivity index (χ1n) is 14.4. The zero-order chi connectivity index (χ0) is 27.7. The molecule has 2 fully saturated rings. The van der Waals surface area contributed by atoms with E-state index < -0.39 is 0 Å². The fourth-order valence-electron chi connectivity index (χ4n) is 5.75. The molecule has 3 aliphatic rings. The second kappa shape index (κ2) is 11.2. The summed E-state index contributed by atoms with van der Waals surface area (Å²) in [6.07, 6.45) is 10.7. The van der Waals surface area contributed by atoms with Gasteiger partial charge in [0.05, 0.1) is 61.1 Å². The number of nitrogens with one attached hydrogen (secondary N) is 2. The highest BCUT2D eigenvalue weighted by Gasteiger charge is 2.35. The van der Waals surface area contributed by atoms with Crippen molar-refractivity contribution in [1.82, 2.24) is 30.0 Å². The third-order valence-electron chi connectivity index (χ3n) is 7.75. The standard InChI is InChI=1S/C30H39N7O3/c1-30(2,3)40-24-17-36(18-24)29(38)35-27-7-5-4-6-20-14-21(8-9-25(20)27)26-10-12-31-28(34-26)33-22-15-32-37(16-22)23-11-13-39-19-23/h8-10,12,14-16,23-24,27H,4-7,11,13,17-19H2,1-3H3,(H,35,38)(H,31,33,34)/t23-,27?/m1/s1. The van der Waals surface area contributed by atoms with E-state index in [1.54, 1.807) is 12.4 Å². The van der Waals surface area contributed by atoms with E-state index in [1.165, 1.54) is 11.1 Å². The smallest absolute Gasteiger partial charge is 0.318 e. The third kappa shape index (κ3) is 6.13. The number of likely N-dealkylation sites (tertiary alicyclic amines) is 1. The van der Waals surface area contributed by atoms with E-state index in [9.17, 15) is 4.79 Å². The molecule has 2 amide bonds. The Morgan fingerprint density at radius 2 is 2.02 bits per heavy atom. The molecule has 212 valence electrons. The Bertz CT molecular complexity index is 1340. The number of amides is 2. The minimum absolute atomic E-state index is 0.00562. The highest BCUT2D eigenvalue weighted by molar-refractivity contribution is 5.76. The molecule has 0 bridgehead atoms. The Morgan fingerprint density at radius 1 is 1.15 bits per heavy atom. The first-order valence-corrected chi connectivity index (χ1v) is 14.4. The van der Waals surface area contributed by atoms with Crippen molar-refractivity contribution in [1.29, 1.82) is 0 Å². The van der Waals surface area contributed by atoms with Crippen molar-refractivity contribution in [3.05, 3.63) is 54.0 Å². The summed E-state index contributed by atoms with van der Waals surface area (Å²) in [7, 11) is 0. The Morgan fingerprint density at radius 3 is 2.83 bits per heavy atom. The number of ether oxygens (including phenoxy) is 2. The van der Waals surface area contributed by atoms with Crippen molar-refractivity contribution < 1.29 is 14.3 Å². The summed E-state index contributed by atoms with van der Waals surface area (Å²) in [5.74, 6) is 0.531. The van der Waals surface area contributed by atoms with E-state index in [-0.39, 0.29) is 29.8 Å². The summed E-state index contributed by atoms with van der Waals surface area (Å²) in [4.78, 5) is 24.1. The first kappa shape index (κ1) is 26.7. The van der Waals surface area contributed by atoms with Gasteiger partial charge in [-0.15, -0.1) is 0 Å². The first-order chi connectivity index (χ1) is 19.3. The molecule has 2 N–H and O–H groups in total. The Balaban J connectivity index is 1.12. The summed E-state index contributed by atoms with van der Waals surface area (Å²) >= 11 is 0. The molecular weight excluding hydrogens is 506 g/mol. The van der Waals surface area contributed by atoms with Crippen molar-refractivity contribution in [3.8, 4) is 11.3 Å². The number of rotatable bonds is 6. The van der Waals surface area contributed by atoms with Crippen LogP contribution in [0.4, 0.5) is 16.4 Å². The Kier molecular flexibility index (Phi) is 7.46. The van der Waals surface area contributed by atoms with Crippen LogP contribution in [-0.4, -0.2) is 68.7 Å². The van der Waals surface area contributed by atoms with Gasteiger partial charge in [-0.2, -0.15) is 5.10 Å². The topological polar surface area (TPSA) is 106 Å². The van der Waals surface area contributed by atoms with E-state index in [0.29, 0.717) is 25.6 Å². The van der Waals surface area contributed by atoms with Crippen molar-refractivity contribution in [2.75, 3.05) is 31.6 Å². The van der Waals surface area contributed by atoms with Crippen LogP contribution in [0.25, 0.3) is 11.3 Å². The van der Waals surface area contributed by atoms with Crippen molar-refractivity contribution in [2.45, 2.75) is 76.7 Å². The second-order valence-corrected chi connectivity index (χ2v) is 12.0. The molecule has 2 aliphatic heterocycles. The summed E-state index contributed by atoms with van der Waals surface area (Å²) in [5, 5.41) is 11.1. The fourth-order valence-corrected chi connectivity index (χ4v) is 5.75. The van der Waals surface area contributed by atoms with Crippen LogP contribution >= 0.6 is 0 Å². The number of urea groups is 1. The molecule has 10 nitrogen and oxygen atoms in total. The monoisotopic (exact) mass is 545 g/mol. The van der Waals surface area contributed by atoms with Crippen LogP contribution in [0.2, 0.25) is 0 Å². The lowest BCUT2D eigenvalue weighted by Gasteiger charge is -2.42. The lowest BCUT2D eigenvalue weighted by Crippen LogP contribution is -2.59. The van der Waals surface area contributed by atoms with E-state index >= 15 is 0 Å². The summed E-state index contributed by atoms with van der Waals surface area (Å²) in [6.45, 7) is 8.90. The van der Waals surface area contributed by atoms with E-state index in [1.807, 2.05) is 42.6 Å². The summed E-state index contributed by atoms with van der Waals surface area (Å²) in [5.41, 5.74) is 5.02. The van der Waals surface area contributed by atoms with Crippen LogP contribution < -0.4 is 10.6 Å². The molecule has 2 atom stereocenters. The molecule has 10 heteroatoms. The van der Waals surface area contributed by atoms with Crippen molar-refractivity contribution in [3.63, 3.8) is 0 Å². The predicted molar refractivity (Wildman–Crippen MR) is 152 cm³/mol. The number of hydrogen-bond acceptors (Lipinski definition) is 7. The Labute approximate surface area is 235 Å². The number of anilines is 2. The molecule has 1 unspecified atom stereocenters. The van der Waals surface area contributed by atoms with Crippen LogP contribution in [0.1, 0.15) is 69.7 Å². The van der Waals surface area contributed by atoms with Gasteiger partial charge in [-0.25, -0.2) is 14.8 Å². The van der Waals surface area contributed by atoms with Crippen LogP contribution in [0.3, 0.4) is 0 Å². The molecule has 0 spiro atoms. The van der Waals surface area contributed by atoms with E-state index in [4.69, 9.17) is 14.5 Å². The molecule has 0 radical (unpaired) electrons. The average Bonchev–Trinajstić information content (AvgIpc) is 3.56. The van der Waals surface area contributed by atoms with Crippen molar-refractivity contribution >= 4 is 17.7 Å². The van der Waals surface area contributed by atoms with Crippen LogP contribution in [0, 0.1) is 0 Å². The van der Waals surface area contributed by atoms with Gasteiger partial charge in [0, 0.05) is 24.6 Å². The number of aromatic nitrogens is 4. The van der Waals surface area contributed by atoms with Crippen LogP contribution in [0.5, 0.6) is 0 Å². The molecule has 6 rings (SSSR count). The fraction of sp³-hybridized carbons (Fsp3) is 0.533. The quantitative estimate of drug-likeness (QED) is 0.419. The largest absolute Gasteiger partial charge is 0.379 e. The maximum Gasteiger partial charge on any atom is 0.318 e. The molecule has 0 saturated carbocycles. The molecule has 1 aromatic carbocycles. The number of hydrogen-bond donors (Lipinski definition) is 2. The number of fused-ring (bicyclic) bond motifs is 1. The lowest BCUT2D eigenvalue weighted by molar-refractivity contribution is -0.111. The molecular formula is C30H39N7O3. The van der Waals surface area contributed by atoms with Gasteiger partial charge in [0.1, 0.15) is 0 Å². The van der Waals surface area contributed by atoms with Gasteiger partial charge < -0.3 is 25.0 Å². The number of nitrogens with zero attached hydrogens (tertiary/aromatic N) is 5.